The maximum absolute atomic E-state index is 13.3. The van der Waals surface area contributed by atoms with Gasteiger partial charge in [-0.05, 0) is 54.8 Å². The predicted octanol–water partition coefficient (Wildman–Crippen LogP) is 4.38. The van der Waals surface area contributed by atoms with E-state index in [-0.39, 0.29) is 6.04 Å². The number of hydrogen-bond acceptors (Lipinski definition) is 1. The highest BCUT2D eigenvalue weighted by molar-refractivity contribution is 6.30. The lowest BCUT2D eigenvalue weighted by atomic mass is 9.99. The smallest absolute Gasteiger partial charge is 0.126 e. The minimum Gasteiger partial charge on any atom is -0.314 e. The Balaban J connectivity index is 2.09. The molecule has 4 heteroatoms. The molecule has 1 atom stereocenters. The molecular weight excluding hydrogens is 292 g/mol. The molecule has 2 aromatic rings. The summed E-state index contributed by atoms with van der Waals surface area (Å²) in [6, 6.07) is 11.4. The zero-order chi connectivity index (χ0) is 15.2. The van der Waals surface area contributed by atoms with Gasteiger partial charge in [0.2, 0.25) is 0 Å². The van der Waals surface area contributed by atoms with Crippen LogP contribution in [0.25, 0.3) is 0 Å². The van der Waals surface area contributed by atoms with Crippen molar-refractivity contribution in [2.45, 2.75) is 25.8 Å². The molecule has 0 radical (unpaired) electrons. The maximum atomic E-state index is 13.3. The minimum atomic E-state index is -0.535. The Morgan fingerprint density at radius 2 is 1.52 bits per heavy atom. The summed E-state index contributed by atoms with van der Waals surface area (Å²) in [6.07, 6.45) is 1.36. The van der Waals surface area contributed by atoms with Crippen LogP contribution in [-0.2, 0) is 12.8 Å². The summed E-state index contributed by atoms with van der Waals surface area (Å²) in [5.41, 5.74) is 1.80. The number of rotatable bonds is 6. The Morgan fingerprint density at radius 3 is 2.10 bits per heavy atom. The molecule has 21 heavy (non-hydrogen) atoms. The fraction of sp³-hybridized carbons (Fsp3) is 0.294. The molecule has 0 bridgehead atoms. The Bertz CT molecular complexity index is 564. The van der Waals surface area contributed by atoms with Crippen LogP contribution in [0.3, 0.4) is 0 Å². The molecule has 0 heterocycles. The van der Waals surface area contributed by atoms with Gasteiger partial charge in [-0.1, -0.05) is 30.7 Å². The van der Waals surface area contributed by atoms with Gasteiger partial charge >= 0.3 is 0 Å². The lowest BCUT2D eigenvalue weighted by molar-refractivity contribution is 0.515. The average molecular weight is 310 g/mol. The van der Waals surface area contributed by atoms with Gasteiger partial charge in [0.25, 0.3) is 0 Å². The number of nitrogens with one attached hydrogen (secondary N) is 1. The van der Waals surface area contributed by atoms with E-state index in [0.29, 0.717) is 17.0 Å². The van der Waals surface area contributed by atoms with Crippen LogP contribution >= 0.6 is 11.6 Å². The summed E-state index contributed by atoms with van der Waals surface area (Å²) in [5, 5.41) is 4.06. The van der Waals surface area contributed by atoms with Crippen molar-refractivity contribution in [3.63, 3.8) is 0 Å². The van der Waals surface area contributed by atoms with Gasteiger partial charge in [0.05, 0.1) is 0 Å². The van der Waals surface area contributed by atoms with Crippen molar-refractivity contribution in [3.8, 4) is 0 Å². The molecule has 0 saturated carbocycles. The Kier molecular flexibility index (Phi) is 5.71. The summed E-state index contributed by atoms with van der Waals surface area (Å²) in [5.74, 6) is -1.07. The lowest BCUT2D eigenvalue weighted by Crippen LogP contribution is -2.33. The first kappa shape index (κ1) is 15.9. The van der Waals surface area contributed by atoms with E-state index < -0.39 is 11.6 Å². The molecule has 1 nitrogen and oxygen atoms in total. The van der Waals surface area contributed by atoms with Crippen molar-refractivity contribution in [3.05, 3.63) is 70.2 Å². The van der Waals surface area contributed by atoms with Crippen LogP contribution in [0.1, 0.15) is 18.1 Å². The summed E-state index contributed by atoms with van der Waals surface area (Å²) in [7, 11) is 0. The molecule has 0 aliphatic heterocycles. The largest absolute Gasteiger partial charge is 0.314 e. The summed E-state index contributed by atoms with van der Waals surface area (Å²) < 4.78 is 26.5. The first-order chi connectivity index (χ1) is 10.1. The van der Waals surface area contributed by atoms with E-state index in [1.807, 2.05) is 31.2 Å². The van der Waals surface area contributed by atoms with Gasteiger partial charge < -0.3 is 5.32 Å². The number of hydrogen-bond donors (Lipinski definition) is 1. The molecule has 0 amide bonds. The van der Waals surface area contributed by atoms with Gasteiger partial charge in [-0.25, -0.2) is 8.78 Å². The van der Waals surface area contributed by atoms with Crippen molar-refractivity contribution < 1.29 is 8.78 Å². The van der Waals surface area contributed by atoms with Crippen molar-refractivity contribution in [1.82, 2.24) is 5.32 Å². The summed E-state index contributed by atoms with van der Waals surface area (Å²) in [4.78, 5) is 0. The molecule has 0 aliphatic carbocycles. The van der Waals surface area contributed by atoms with Crippen LogP contribution in [-0.4, -0.2) is 12.6 Å². The van der Waals surface area contributed by atoms with E-state index in [9.17, 15) is 8.78 Å². The normalized spacial score (nSPS) is 12.4. The number of likely N-dealkylation sites (N-methyl/N-ethyl adjacent to an activating group) is 1. The first-order valence-corrected chi connectivity index (χ1v) is 7.37. The third-order valence-corrected chi connectivity index (χ3v) is 3.54. The monoisotopic (exact) mass is 309 g/mol. The van der Waals surface area contributed by atoms with Gasteiger partial charge in [-0.15, -0.1) is 0 Å². The van der Waals surface area contributed by atoms with Crippen molar-refractivity contribution in [2.24, 2.45) is 0 Å². The molecule has 0 fully saturated rings. The standard InChI is InChI=1S/C17H18ClF2N/c1-2-21-17(9-12-3-5-14(18)6-4-12)10-13-7-15(19)11-16(20)8-13/h3-8,11,17,21H,2,9-10H2,1H3. The summed E-state index contributed by atoms with van der Waals surface area (Å²) in [6.45, 7) is 2.82. The summed E-state index contributed by atoms with van der Waals surface area (Å²) >= 11 is 5.88. The fourth-order valence-corrected chi connectivity index (χ4v) is 2.55. The van der Waals surface area contributed by atoms with Crippen LogP contribution in [0.15, 0.2) is 42.5 Å². The molecule has 2 aromatic carbocycles. The molecular formula is C17H18ClF2N. The second kappa shape index (κ2) is 7.53. The highest BCUT2D eigenvalue weighted by Gasteiger charge is 2.11. The van der Waals surface area contributed by atoms with Crippen LogP contribution in [0.5, 0.6) is 0 Å². The van der Waals surface area contributed by atoms with E-state index in [1.165, 1.54) is 12.1 Å². The van der Waals surface area contributed by atoms with Crippen LogP contribution in [0.4, 0.5) is 8.78 Å². The van der Waals surface area contributed by atoms with Crippen molar-refractivity contribution >= 4 is 11.6 Å². The first-order valence-electron chi connectivity index (χ1n) is 6.99. The molecule has 0 aliphatic rings. The molecule has 1 unspecified atom stereocenters. The zero-order valence-corrected chi connectivity index (χ0v) is 12.6. The van der Waals surface area contributed by atoms with E-state index in [4.69, 9.17) is 11.6 Å². The molecule has 0 aromatic heterocycles. The quantitative estimate of drug-likeness (QED) is 0.835. The Hall–Kier alpha value is -1.45. The van der Waals surface area contributed by atoms with Crippen molar-refractivity contribution in [2.75, 3.05) is 6.54 Å². The fourth-order valence-electron chi connectivity index (χ4n) is 2.42. The second-order valence-electron chi connectivity index (χ2n) is 5.07. The average Bonchev–Trinajstić information content (AvgIpc) is 2.40. The molecule has 0 saturated heterocycles. The van der Waals surface area contributed by atoms with Gasteiger partial charge in [0.1, 0.15) is 11.6 Å². The van der Waals surface area contributed by atoms with Gasteiger partial charge in [-0.3, -0.25) is 0 Å². The third kappa shape index (κ3) is 5.10. The molecule has 0 spiro atoms. The Labute approximate surface area is 128 Å². The van der Waals surface area contributed by atoms with Gasteiger partial charge in [0, 0.05) is 17.1 Å². The molecule has 2 rings (SSSR count). The van der Waals surface area contributed by atoms with Crippen LogP contribution < -0.4 is 5.32 Å². The van der Waals surface area contributed by atoms with E-state index in [1.54, 1.807) is 0 Å². The minimum absolute atomic E-state index is 0.123. The van der Waals surface area contributed by atoms with Crippen molar-refractivity contribution in [1.29, 1.82) is 0 Å². The highest BCUT2D eigenvalue weighted by atomic mass is 35.5. The molecule has 1 N–H and O–H groups in total. The van der Waals surface area contributed by atoms with E-state index in [2.05, 4.69) is 5.32 Å². The Morgan fingerprint density at radius 1 is 0.952 bits per heavy atom. The second-order valence-corrected chi connectivity index (χ2v) is 5.50. The van der Waals surface area contributed by atoms with E-state index >= 15 is 0 Å². The third-order valence-electron chi connectivity index (χ3n) is 3.29. The predicted molar refractivity (Wildman–Crippen MR) is 82.7 cm³/mol. The topological polar surface area (TPSA) is 12.0 Å². The SMILES string of the molecule is CCNC(Cc1ccc(Cl)cc1)Cc1cc(F)cc(F)c1. The van der Waals surface area contributed by atoms with Crippen LogP contribution in [0.2, 0.25) is 5.02 Å². The van der Waals surface area contributed by atoms with Crippen LogP contribution in [0, 0.1) is 11.6 Å². The maximum Gasteiger partial charge on any atom is 0.126 e. The number of halogens is 3. The van der Waals surface area contributed by atoms with Gasteiger partial charge in [0.15, 0.2) is 0 Å². The number of benzene rings is 2. The highest BCUT2D eigenvalue weighted by Crippen LogP contribution is 2.15. The van der Waals surface area contributed by atoms with E-state index in [0.717, 1.165) is 24.6 Å². The lowest BCUT2D eigenvalue weighted by Gasteiger charge is -2.18. The zero-order valence-electron chi connectivity index (χ0n) is 11.9. The molecule has 112 valence electrons. The van der Waals surface area contributed by atoms with Gasteiger partial charge in [-0.2, -0.15) is 0 Å².